The average Bonchev–Trinajstić information content (AvgIpc) is 2.68. The Morgan fingerprint density at radius 1 is 1.79 bits per heavy atom. The van der Waals surface area contributed by atoms with Gasteiger partial charge < -0.3 is 5.73 Å². The standard InChI is InChI=1S/C9H14N2O2S/c1-11(13-2)9(12)8(10)6-7-4-3-5-14-7/h3-5,8H,6,10H2,1-2H3. The second-order valence-electron chi connectivity index (χ2n) is 2.91. The summed E-state index contributed by atoms with van der Waals surface area (Å²) in [7, 11) is 2.99. The van der Waals surface area contributed by atoms with Crippen molar-refractivity contribution in [1.82, 2.24) is 5.06 Å². The van der Waals surface area contributed by atoms with E-state index in [9.17, 15) is 4.79 Å². The van der Waals surface area contributed by atoms with Crippen LogP contribution in [-0.2, 0) is 16.1 Å². The Morgan fingerprint density at radius 3 is 3.00 bits per heavy atom. The summed E-state index contributed by atoms with van der Waals surface area (Å²) >= 11 is 1.60. The molecule has 0 aliphatic rings. The van der Waals surface area contributed by atoms with Crippen molar-refractivity contribution >= 4 is 17.2 Å². The molecule has 0 aliphatic carbocycles. The fourth-order valence-electron chi connectivity index (χ4n) is 1.06. The molecule has 1 rings (SSSR count). The number of nitrogens with zero attached hydrogens (tertiary/aromatic N) is 1. The lowest BCUT2D eigenvalue weighted by Crippen LogP contribution is -2.42. The van der Waals surface area contributed by atoms with Crippen molar-refractivity contribution in [2.45, 2.75) is 12.5 Å². The molecule has 78 valence electrons. The van der Waals surface area contributed by atoms with Gasteiger partial charge in [0.25, 0.3) is 5.91 Å². The molecule has 1 unspecified atom stereocenters. The van der Waals surface area contributed by atoms with Gasteiger partial charge in [0.2, 0.25) is 0 Å². The second-order valence-corrected chi connectivity index (χ2v) is 3.94. The van der Waals surface area contributed by atoms with Crippen LogP contribution in [0.15, 0.2) is 17.5 Å². The summed E-state index contributed by atoms with van der Waals surface area (Å²) in [5, 5.41) is 3.12. The molecule has 14 heavy (non-hydrogen) atoms. The Bertz CT molecular complexity index is 287. The summed E-state index contributed by atoms with van der Waals surface area (Å²) in [6.45, 7) is 0. The Morgan fingerprint density at radius 2 is 2.50 bits per heavy atom. The summed E-state index contributed by atoms with van der Waals surface area (Å²) in [5.41, 5.74) is 5.72. The van der Waals surface area contributed by atoms with Crippen molar-refractivity contribution in [2.75, 3.05) is 14.2 Å². The van der Waals surface area contributed by atoms with Gasteiger partial charge in [-0.15, -0.1) is 11.3 Å². The minimum Gasteiger partial charge on any atom is -0.320 e. The molecule has 0 saturated heterocycles. The number of carbonyl (C=O) groups excluding carboxylic acids is 1. The third kappa shape index (κ3) is 2.80. The average molecular weight is 214 g/mol. The summed E-state index contributed by atoms with van der Waals surface area (Å²) in [6.07, 6.45) is 0.560. The largest absolute Gasteiger partial charge is 0.320 e. The van der Waals surface area contributed by atoms with Crippen LogP contribution in [0.5, 0.6) is 0 Å². The zero-order valence-corrected chi connectivity index (χ0v) is 9.08. The Balaban J connectivity index is 2.50. The maximum Gasteiger partial charge on any atom is 0.263 e. The van der Waals surface area contributed by atoms with Gasteiger partial charge in [0.1, 0.15) is 0 Å². The third-order valence-corrected chi connectivity index (χ3v) is 2.80. The lowest BCUT2D eigenvalue weighted by atomic mass is 10.2. The highest BCUT2D eigenvalue weighted by molar-refractivity contribution is 7.09. The van der Waals surface area contributed by atoms with Crippen LogP contribution in [0.2, 0.25) is 0 Å². The zero-order valence-electron chi connectivity index (χ0n) is 8.27. The number of hydroxylamine groups is 2. The molecule has 0 fully saturated rings. The van der Waals surface area contributed by atoms with Crippen LogP contribution >= 0.6 is 11.3 Å². The monoisotopic (exact) mass is 214 g/mol. The summed E-state index contributed by atoms with van der Waals surface area (Å²) in [6, 6.07) is 3.38. The van der Waals surface area contributed by atoms with Gasteiger partial charge >= 0.3 is 0 Å². The van der Waals surface area contributed by atoms with Crippen LogP contribution < -0.4 is 5.73 Å². The number of hydrogen-bond donors (Lipinski definition) is 1. The lowest BCUT2D eigenvalue weighted by molar-refractivity contribution is -0.170. The van der Waals surface area contributed by atoms with E-state index < -0.39 is 6.04 Å². The molecule has 0 spiro atoms. The third-order valence-electron chi connectivity index (χ3n) is 1.90. The molecule has 0 aromatic carbocycles. The van der Waals surface area contributed by atoms with Crippen molar-refractivity contribution in [1.29, 1.82) is 0 Å². The van der Waals surface area contributed by atoms with Crippen molar-refractivity contribution < 1.29 is 9.63 Å². The highest BCUT2D eigenvalue weighted by Gasteiger charge is 2.18. The van der Waals surface area contributed by atoms with E-state index in [1.807, 2.05) is 17.5 Å². The molecule has 4 nitrogen and oxygen atoms in total. The van der Waals surface area contributed by atoms with E-state index in [2.05, 4.69) is 0 Å². The fraction of sp³-hybridized carbons (Fsp3) is 0.444. The summed E-state index contributed by atoms with van der Waals surface area (Å²) in [5.74, 6) is -0.208. The number of likely N-dealkylation sites (N-methyl/N-ethyl adjacent to an activating group) is 1. The summed E-state index contributed by atoms with van der Waals surface area (Å²) in [4.78, 5) is 17.3. The van der Waals surface area contributed by atoms with E-state index in [0.717, 1.165) is 9.94 Å². The SMILES string of the molecule is CON(C)C(=O)C(N)Cc1cccs1. The van der Waals surface area contributed by atoms with E-state index in [-0.39, 0.29) is 5.91 Å². The van der Waals surface area contributed by atoms with E-state index in [1.54, 1.807) is 18.4 Å². The molecular formula is C9H14N2O2S. The first kappa shape index (κ1) is 11.2. The van der Waals surface area contributed by atoms with Crippen molar-refractivity contribution in [3.8, 4) is 0 Å². The zero-order chi connectivity index (χ0) is 10.6. The van der Waals surface area contributed by atoms with E-state index >= 15 is 0 Å². The first-order valence-corrected chi connectivity index (χ1v) is 5.12. The summed E-state index contributed by atoms with van der Waals surface area (Å²) < 4.78 is 0. The molecule has 5 heteroatoms. The highest BCUT2D eigenvalue weighted by atomic mass is 32.1. The van der Waals surface area contributed by atoms with E-state index in [0.29, 0.717) is 6.42 Å². The Hall–Kier alpha value is -0.910. The van der Waals surface area contributed by atoms with Gasteiger partial charge in [0, 0.05) is 18.3 Å². The predicted molar refractivity (Wildman–Crippen MR) is 55.8 cm³/mol. The number of nitrogens with two attached hydrogens (primary N) is 1. The fourth-order valence-corrected chi connectivity index (χ4v) is 1.82. The number of thiophene rings is 1. The maximum absolute atomic E-state index is 11.5. The minimum atomic E-state index is -0.529. The van der Waals surface area contributed by atoms with Gasteiger partial charge in [-0.3, -0.25) is 9.63 Å². The number of rotatable bonds is 4. The normalized spacial score (nSPS) is 12.5. The maximum atomic E-state index is 11.5. The number of carbonyl (C=O) groups is 1. The molecule has 1 aromatic rings. The second kappa shape index (κ2) is 5.09. The van der Waals surface area contributed by atoms with Crippen molar-refractivity contribution in [2.24, 2.45) is 5.73 Å². The van der Waals surface area contributed by atoms with Crippen LogP contribution in [0, 0.1) is 0 Å². The molecule has 0 saturated carbocycles. The molecule has 1 aromatic heterocycles. The van der Waals surface area contributed by atoms with Gasteiger partial charge in [-0.2, -0.15) is 0 Å². The number of hydrogen-bond acceptors (Lipinski definition) is 4. The number of amides is 1. The van der Waals surface area contributed by atoms with Crippen LogP contribution in [-0.4, -0.2) is 31.2 Å². The highest BCUT2D eigenvalue weighted by Crippen LogP contribution is 2.11. The molecule has 0 aliphatic heterocycles. The van der Waals surface area contributed by atoms with Crippen LogP contribution in [0.4, 0.5) is 0 Å². The van der Waals surface area contributed by atoms with Gasteiger partial charge in [0.05, 0.1) is 13.2 Å². The molecular weight excluding hydrogens is 200 g/mol. The molecule has 0 bridgehead atoms. The van der Waals surface area contributed by atoms with Gasteiger partial charge in [-0.05, 0) is 11.4 Å². The quantitative estimate of drug-likeness (QED) is 0.748. The van der Waals surface area contributed by atoms with Crippen LogP contribution in [0.25, 0.3) is 0 Å². The van der Waals surface area contributed by atoms with Gasteiger partial charge in [0.15, 0.2) is 0 Å². The van der Waals surface area contributed by atoms with Crippen LogP contribution in [0.1, 0.15) is 4.88 Å². The van der Waals surface area contributed by atoms with E-state index in [1.165, 1.54) is 7.11 Å². The molecule has 1 atom stereocenters. The molecule has 0 radical (unpaired) electrons. The Labute approximate surface area is 87.2 Å². The van der Waals surface area contributed by atoms with Crippen LogP contribution in [0.3, 0.4) is 0 Å². The predicted octanol–water partition coefficient (Wildman–Crippen LogP) is 0.638. The lowest BCUT2D eigenvalue weighted by Gasteiger charge is -2.17. The smallest absolute Gasteiger partial charge is 0.263 e. The first-order chi connectivity index (χ1) is 6.65. The van der Waals surface area contributed by atoms with Crippen molar-refractivity contribution in [3.63, 3.8) is 0 Å². The topological polar surface area (TPSA) is 55.6 Å². The van der Waals surface area contributed by atoms with E-state index in [4.69, 9.17) is 10.6 Å². The molecule has 2 N–H and O–H groups in total. The first-order valence-electron chi connectivity index (χ1n) is 4.24. The Kier molecular flexibility index (Phi) is 4.06. The molecule has 1 heterocycles. The minimum absolute atomic E-state index is 0.208. The van der Waals surface area contributed by atoms with Gasteiger partial charge in [-0.25, -0.2) is 5.06 Å². The van der Waals surface area contributed by atoms with Crippen molar-refractivity contribution in [3.05, 3.63) is 22.4 Å². The molecule has 1 amide bonds. The van der Waals surface area contributed by atoms with Gasteiger partial charge in [-0.1, -0.05) is 6.07 Å².